The fourth-order valence-corrected chi connectivity index (χ4v) is 2.97. The van der Waals surface area contributed by atoms with Crippen LogP contribution in [0.5, 0.6) is 5.75 Å². The number of nitrogens with zero attached hydrogens (tertiary/aromatic N) is 1. The van der Waals surface area contributed by atoms with Gasteiger partial charge < -0.3 is 10.1 Å². The minimum Gasteiger partial charge on any atom is -0.487 e. The first-order chi connectivity index (χ1) is 11.7. The monoisotopic (exact) mass is 322 g/mol. The number of hydrogen-bond acceptors (Lipinski definition) is 3. The molecule has 4 nitrogen and oxygen atoms in total. The lowest BCUT2D eigenvalue weighted by Crippen LogP contribution is -2.34. The Labute approximate surface area is 142 Å². The van der Waals surface area contributed by atoms with Crippen LogP contribution in [-0.2, 0) is 11.2 Å². The first-order valence-electron chi connectivity index (χ1n) is 8.26. The molecule has 0 bridgehead atoms. The van der Waals surface area contributed by atoms with E-state index in [-0.39, 0.29) is 12.0 Å². The molecule has 0 fully saturated rings. The highest BCUT2D eigenvalue weighted by molar-refractivity contribution is 5.76. The third kappa shape index (κ3) is 3.65. The number of hydrogen-bond donors (Lipinski definition) is 1. The van der Waals surface area contributed by atoms with Gasteiger partial charge in [0, 0.05) is 24.6 Å². The van der Waals surface area contributed by atoms with E-state index in [4.69, 9.17) is 4.74 Å². The maximum absolute atomic E-state index is 11.7. The highest BCUT2D eigenvalue weighted by Crippen LogP contribution is 2.38. The van der Waals surface area contributed by atoms with E-state index in [9.17, 15) is 4.79 Å². The summed E-state index contributed by atoms with van der Waals surface area (Å²) in [7, 11) is 0. The Balaban J connectivity index is 1.73. The first kappa shape index (κ1) is 16.2. The predicted molar refractivity (Wildman–Crippen MR) is 95.0 cm³/mol. The maximum Gasteiger partial charge on any atom is 0.220 e. The van der Waals surface area contributed by atoms with E-state index in [0.717, 1.165) is 23.4 Å². The second-order valence-electron chi connectivity index (χ2n) is 6.09. The Morgan fingerprint density at radius 2 is 2.33 bits per heavy atom. The lowest BCUT2D eigenvalue weighted by atomic mass is 10.0. The van der Waals surface area contributed by atoms with E-state index in [1.165, 1.54) is 11.1 Å². The van der Waals surface area contributed by atoms with Crippen LogP contribution in [0, 0.1) is 6.92 Å². The molecule has 1 aliphatic rings. The zero-order valence-electron chi connectivity index (χ0n) is 13.9. The summed E-state index contributed by atoms with van der Waals surface area (Å²) in [6.45, 7) is 6.23. The van der Waals surface area contributed by atoms with E-state index in [0.29, 0.717) is 19.4 Å². The zero-order chi connectivity index (χ0) is 16.9. The van der Waals surface area contributed by atoms with Crippen LogP contribution in [0.1, 0.15) is 24.0 Å². The van der Waals surface area contributed by atoms with Crippen LogP contribution in [0.15, 0.2) is 49.2 Å². The fraction of sp³-hybridized carbons (Fsp3) is 0.300. The van der Waals surface area contributed by atoms with Crippen molar-refractivity contribution in [3.63, 3.8) is 0 Å². The number of fused-ring (bicyclic) bond motifs is 1. The summed E-state index contributed by atoms with van der Waals surface area (Å²) in [6, 6.07) is 10.1. The van der Waals surface area contributed by atoms with Gasteiger partial charge in [-0.1, -0.05) is 18.2 Å². The van der Waals surface area contributed by atoms with Gasteiger partial charge in [-0.05, 0) is 42.7 Å². The second kappa shape index (κ2) is 7.30. The summed E-state index contributed by atoms with van der Waals surface area (Å²) in [6.07, 6.45) is 5.48. The van der Waals surface area contributed by atoms with Crippen molar-refractivity contribution in [1.29, 1.82) is 0 Å². The summed E-state index contributed by atoms with van der Waals surface area (Å²) in [4.78, 5) is 16.2. The first-order valence-corrected chi connectivity index (χ1v) is 8.26. The predicted octanol–water partition coefficient (Wildman–Crippen LogP) is 3.44. The molecule has 1 aliphatic heterocycles. The van der Waals surface area contributed by atoms with Gasteiger partial charge in [-0.2, -0.15) is 0 Å². The Hall–Kier alpha value is -2.62. The van der Waals surface area contributed by atoms with Gasteiger partial charge >= 0.3 is 0 Å². The van der Waals surface area contributed by atoms with Crippen molar-refractivity contribution in [2.45, 2.75) is 32.3 Å². The van der Waals surface area contributed by atoms with Crippen molar-refractivity contribution in [2.75, 3.05) is 6.54 Å². The molecule has 0 unspecified atom stereocenters. The molecule has 3 rings (SSSR count). The van der Waals surface area contributed by atoms with Crippen molar-refractivity contribution in [3.05, 3.63) is 60.3 Å². The number of ether oxygens (including phenoxy) is 1. The van der Waals surface area contributed by atoms with Gasteiger partial charge in [0.25, 0.3) is 0 Å². The minimum absolute atomic E-state index is 0.0306. The molecule has 0 spiro atoms. The molecule has 24 heavy (non-hydrogen) atoms. The minimum atomic E-state index is -0.0306. The average Bonchev–Trinajstić information content (AvgIpc) is 3.00. The van der Waals surface area contributed by atoms with E-state index in [2.05, 4.69) is 35.9 Å². The van der Waals surface area contributed by atoms with Crippen LogP contribution in [-0.4, -0.2) is 23.5 Å². The molecule has 2 aromatic rings. The number of pyridine rings is 1. The van der Waals surface area contributed by atoms with Gasteiger partial charge in [0.2, 0.25) is 5.91 Å². The number of carbonyl (C=O) groups is 1. The van der Waals surface area contributed by atoms with Gasteiger partial charge in [0.15, 0.2) is 0 Å². The standard InChI is InChI=1S/C20H22N2O2/c1-3-4-8-19(23)22-13-16-12-15-10-14(2)11-17(20(15)24-16)18-7-5-6-9-21-18/h3,5-7,9-11,16H,1,4,8,12-13H2,2H3,(H,22,23)/t16-/m0/s1. The van der Waals surface area contributed by atoms with Gasteiger partial charge in [-0.15, -0.1) is 6.58 Å². The van der Waals surface area contributed by atoms with Crippen LogP contribution in [0.3, 0.4) is 0 Å². The Morgan fingerprint density at radius 1 is 1.46 bits per heavy atom. The largest absolute Gasteiger partial charge is 0.487 e. The van der Waals surface area contributed by atoms with Gasteiger partial charge in [0.05, 0.1) is 12.2 Å². The van der Waals surface area contributed by atoms with E-state index in [1.54, 1.807) is 12.3 Å². The summed E-state index contributed by atoms with van der Waals surface area (Å²) < 4.78 is 6.13. The molecular weight excluding hydrogens is 300 g/mol. The third-order valence-electron chi connectivity index (χ3n) is 4.09. The number of aromatic nitrogens is 1. The fourth-order valence-electron chi connectivity index (χ4n) is 2.97. The molecule has 1 aromatic carbocycles. The lowest BCUT2D eigenvalue weighted by molar-refractivity contribution is -0.121. The maximum atomic E-state index is 11.7. The van der Waals surface area contributed by atoms with Crippen LogP contribution in [0.25, 0.3) is 11.3 Å². The molecule has 1 amide bonds. The number of rotatable bonds is 6. The molecule has 124 valence electrons. The van der Waals surface area contributed by atoms with E-state index < -0.39 is 0 Å². The molecule has 4 heteroatoms. The molecule has 1 N–H and O–H groups in total. The Bertz CT molecular complexity index is 741. The molecule has 1 aromatic heterocycles. The SMILES string of the molecule is C=CCCC(=O)NC[C@@H]1Cc2cc(C)cc(-c3ccccn3)c2O1. The highest BCUT2D eigenvalue weighted by atomic mass is 16.5. The summed E-state index contributed by atoms with van der Waals surface area (Å²) in [5, 5.41) is 2.94. The third-order valence-corrected chi connectivity index (χ3v) is 4.09. The highest BCUT2D eigenvalue weighted by Gasteiger charge is 2.27. The lowest BCUT2D eigenvalue weighted by Gasteiger charge is -2.13. The van der Waals surface area contributed by atoms with Crippen LogP contribution < -0.4 is 10.1 Å². The second-order valence-corrected chi connectivity index (χ2v) is 6.09. The van der Waals surface area contributed by atoms with Crippen LogP contribution >= 0.6 is 0 Å². The van der Waals surface area contributed by atoms with Crippen LogP contribution in [0.2, 0.25) is 0 Å². The van der Waals surface area contributed by atoms with Crippen molar-refractivity contribution >= 4 is 5.91 Å². The van der Waals surface area contributed by atoms with Gasteiger partial charge in [0.1, 0.15) is 11.9 Å². The summed E-state index contributed by atoms with van der Waals surface area (Å²) in [5.41, 5.74) is 4.30. The number of benzene rings is 1. The summed E-state index contributed by atoms with van der Waals surface area (Å²) >= 11 is 0. The molecule has 0 aliphatic carbocycles. The van der Waals surface area contributed by atoms with E-state index >= 15 is 0 Å². The van der Waals surface area contributed by atoms with Gasteiger partial charge in [-0.25, -0.2) is 0 Å². The van der Waals surface area contributed by atoms with Crippen molar-refractivity contribution in [3.8, 4) is 17.0 Å². The number of carbonyl (C=O) groups excluding carboxylic acids is 1. The quantitative estimate of drug-likeness (QED) is 0.829. The molecule has 0 saturated carbocycles. The van der Waals surface area contributed by atoms with E-state index in [1.807, 2.05) is 18.2 Å². The zero-order valence-corrected chi connectivity index (χ0v) is 13.9. The molecule has 1 atom stereocenters. The number of allylic oxidation sites excluding steroid dienone is 1. The molecule has 0 radical (unpaired) electrons. The Kier molecular flexibility index (Phi) is 4.94. The Morgan fingerprint density at radius 3 is 3.08 bits per heavy atom. The number of aryl methyl sites for hydroxylation is 1. The molecular formula is C20H22N2O2. The molecule has 2 heterocycles. The van der Waals surface area contributed by atoms with Crippen molar-refractivity contribution in [2.24, 2.45) is 0 Å². The van der Waals surface area contributed by atoms with Crippen molar-refractivity contribution in [1.82, 2.24) is 10.3 Å². The summed E-state index contributed by atoms with van der Waals surface area (Å²) in [5.74, 6) is 0.931. The molecule has 0 saturated heterocycles. The smallest absolute Gasteiger partial charge is 0.220 e. The number of nitrogens with one attached hydrogen (secondary N) is 1. The van der Waals surface area contributed by atoms with Crippen molar-refractivity contribution < 1.29 is 9.53 Å². The number of amides is 1. The van der Waals surface area contributed by atoms with Crippen LogP contribution in [0.4, 0.5) is 0 Å². The van der Waals surface area contributed by atoms with Gasteiger partial charge in [-0.3, -0.25) is 9.78 Å². The average molecular weight is 322 g/mol. The normalized spacial score (nSPS) is 15.5. The topological polar surface area (TPSA) is 51.2 Å².